The molecular weight excluding hydrogens is 354 g/mol. The summed E-state index contributed by atoms with van der Waals surface area (Å²) in [5.74, 6) is -0.233. The van der Waals surface area contributed by atoms with Gasteiger partial charge in [0.25, 0.3) is 5.69 Å². The number of benzene rings is 2. The van der Waals surface area contributed by atoms with Gasteiger partial charge in [-0.25, -0.2) is 9.78 Å². The predicted molar refractivity (Wildman–Crippen MR) is 99.1 cm³/mol. The van der Waals surface area contributed by atoms with E-state index in [9.17, 15) is 14.9 Å². The van der Waals surface area contributed by atoms with E-state index in [4.69, 9.17) is 4.74 Å². The summed E-state index contributed by atoms with van der Waals surface area (Å²) in [5.41, 5.74) is 0.862. The van der Waals surface area contributed by atoms with Crippen LogP contribution in [0.25, 0.3) is 10.2 Å². The molecule has 8 heteroatoms. The van der Waals surface area contributed by atoms with Gasteiger partial charge < -0.3 is 9.64 Å². The van der Waals surface area contributed by atoms with Crippen LogP contribution in [-0.4, -0.2) is 29.0 Å². The third kappa shape index (κ3) is 3.23. The molecular formula is C18H15N3O4S. The number of non-ortho nitro benzene ring substituents is 1. The van der Waals surface area contributed by atoms with Crippen LogP contribution in [0, 0.1) is 10.1 Å². The Morgan fingerprint density at radius 2 is 2.00 bits per heavy atom. The number of aromatic nitrogens is 1. The molecule has 4 rings (SSSR count). The van der Waals surface area contributed by atoms with Crippen LogP contribution in [0.5, 0.6) is 5.75 Å². The summed E-state index contributed by atoms with van der Waals surface area (Å²) < 4.78 is 6.32. The minimum absolute atomic E-state index is 0.140. The zero-order valence-corrected chi connectivity index (χ0v) is 14.6. The summed E-state index contributed by atoms with van der Waals surface area (Å²) in [5, 5.41) is 11.8. The number of hydrogen-bond donors (Lipinski definition) is 0. The molecule has 0 amide bonds. The molecule has 0 unspecified atom stereocenters. The van der Waals surface area contributed by atoms with Crippen LogP contribution in [0.3, 0.4) is 0 Å². The number of fused-ring (bicyclic) bond motifs is 1. The molecule has 0 radical (unpaired) electrons. The van der Waals surface area contributed by atoms with Gasteiger partial charge >= 0.3 is 5.97 Å². The second-order valence-electron chi connectivity index (χ2n) is 6.02. The molecule has 0 aliphatic carbocycles. The van der Waals surface area contributed by atoms with Crippen molar-refractivity contribution in [1.29, 1.82) is 0 Å². The lowest BCUT2D eigenvalue weighted by Gasteiger charge is -2.11. The number of anilines is 1. The zero-order valence-electron chi connectivity index (χ0n) is 13.8. The molecule has 1 aromatic heterocycles. The zero-order chi connectivity index (χ0) is 18.1. The third-order valence-electron chi connectivity index (χ3n) is 4.23. The number of hydrogen-bond acceptors (Lipinski definition) is 7. The lowest BCUT2D eigenvalue weighted by Crippen LogP contribution is -2.16. The number of esters is 1. The highest BCUT2D eigenvalue weighted by Gasteiger charge is 2.17. The molecule has 1 aliphatic heterocycles. The molecule has 1 fully saturated rings. The van der Waals surface area contributed by atoms with E-state index in [2.05, 4.69) is 9.88 Å². The first-order chi connectivity index (χ1) is 12.6. The average Bonchev–Trinajstić information content (AvgIpc) is 3.30. The molecule has 1 aliphatic rings. The quantitative estimate of drug-likeness (QED) is 0.299. The Kier molecular flexibility index (Phi) is 4.26. The molecule has 2 aromatic carbocycles. The van der Waals surface area contributed by atoms with Crippen LogP contribution < -0.4 is 9.64 Å². The highest BCUT2D eigenvalue weighted by atomic mass is 32.1. The highest BCUT2D eigenvalue weighted by Crippen LogP contribution is 2.33. The maximum atomic E-state index is 12.3. The lowest BCUT2D eigenvalue weighted by atomic mass is 10.2. The highest BCUT2D eigenvalue weighted by molar-refractivity contribution is 7.22. The van der Waals surface area contributed by atoms with Gasteiger partial charge in [-0.2, -0.15) is 0 Å². The van der Waals surface area contributed by atoms with Crippen molar-refractivity contribution in [3.63, 3.8) is 0 Å². The Morgan fingerprint density at radius 1 is 1.19 bits per heavy atom. The first kappa shape index (κ1) is 16.5. The smallest absolute Gasteiger partial charge is 0.343 e. The fourth-order valence-electron chi connectivity index (χ4n) is 2.91. The molecule has 0 saturated carbocycles. The fraction of sp³-hybridized carbons (Fsp3) is 0.222. The van der Waals surface area contributed by atoms with Crippen molar-refractivity contribution in [2.75, 3.05) is 18.0 Å². The molecule has 26 heavy (non-hydrogen) atoms. The van der Waals surface area contributed by atoms with Gasteiger partial charge in [-0.1, -0.05) is 17.4 Å². The minimum Gasteiger partial charge on any atom is -0.423 e. The van der Waals surface area contributed by atoms with Gasteiger partial charge in [0.15, 0.2) is 5.13 Å². The monoisotopic (exact) mass is 369 g/mol. The van der Waals surface area contributed by atoms with Crippen LogP contribution in [-0.2, 0) is 0 Å². The van der Waals surface area contributed by atoms with Crippen LogP contribution in [0.15, 0.2) is 42.5 Å². The molecule has 2 heterocycles. The summed E-state index contributed by atoms with van der Waals surface area (Å²) in [4.78, 5) is 29.5. The van der Waals surface area contributed by atoms with Crippen LogP contribution >= 0.6 is 11.3 Å². The average molecular weight is 369 g/mol. The summed E-state index contributed by atoms with van der Waals surface area (Å²) >= 11 is 1.57. The maximum absolute atomic E-state index is 12.3. The van der Waals surface area contributed by atoms with Crippen LogP contribution in [0.4, 0.5) is 10.8 Å². The number of nitro groups is 1. The normalized spacial score (nSPS) is 13.9. The number of nitrogens with zero attached hydrogens (tertiary/aromatic N) is 3. The topological polar surface area (TPSA) is 85.6 Å². The Labute approximate surface area is 153 Å². The van der Waals surface area contributed by atoms with Crippen molar-refractivity contribution in [2.45, 2.75) is 12.8 Å². The molecule has 0 spiro atoms. The molecule has 0 bridgehead atoms. The maximum Gasteiger partial charge on any atom is 0.343 e. The van der Waals surface area contributed by atoms with Crippen LogP contribution in [0.2, 0.25) is 0 Å². The first-order valence-corrected chi connectivity index (χ1v) is 9.04. The number of carbonyl (C=O) groups excluding carboxylic acids is 1. The second-order valence-corrected chi connectivity index (χ2v) is 7.03. The molecule has 7 nitrogen and oxygen atoms in total. The Bertz CT molecular complexity index is 995. The number of ether oxygens (including phenoxy) is 1. The van der Waals surface area contributed by atoms with Crippen molar-refractivity contribution < 1.29 is 14.5 Å². The van der Waals surface area contributed by atoms with Gasteiger partial charge in [0.2, 0.25) is 0 Å². The Hall–Kier alpha value is -3.00. The van der Waals surface area contributed by atoms with Crippen molar-refractivity contribution in [1.82, 2.24) is 4.98 Å². The molecule has 3 aromatic rings. The SMILES string of the molecule is O=C(Oc1ccc2nc(N3CCCC3)sc2c1)c1cccc([N+](=O)[O-])c1. The summed E-state index contributed by atoms with van der Waals surface area (Å²) in [7, 11) is 0. The second kappa shape index (κ2) is 6.72. The summed E-state index contributed by atoms with van der Waals surface area (Å²) in [6.07, 6.45) is 2.37. The van der Waals surface area contributed by atoms with Crippen molar-refractivity contribution in [3.05, 3.63) is 58.1 Å². The first-order valence-electron chi connectivity index (χ1n) is 8.22. The van der Waals surface area contributed by atoms with E-state index < -0.39 is 10.9 Å². The van der Waals surface area contributed by atoms with Gasteiger partial charge in [0.05, 0.1) is 20.7 Å². The van der Waals surface area contributed by atoms with Gasteiger partial charge in [0.1, 0.15) is 5.75 Å². The van der Waals surface area contributed by atoms with Crippen molar-refractivity contribution in [2.24, 2.45) is 0 Å². The van der Waals surface area contributed by atoms with E-state index in [1.165, 1.54) is 37.1 Å². The standard InChI is InChI=1S/C18H15N3O4S/c22-17(12-4-3-5-13(10-12)21(23)24)25-14-6-7-15-16(11-14)26-18(19-15)20-8-1-2-9-20/h3-7,10-11H,1-2,8-9H2. The molecule has 1 saturated heterocycles. The number of rotatable bonds is 4. The molecule has 0 N–H and O–H groups in total. The molecule has 0 atom stereocenters. The van der Waals surface area contributed by atoms with Crippen molar-refractivity contribution in [3.8, 4) is 5.75 Å². The van der Waals surface area contributed by atoms with Gasteiger partial charge in [0, 0.05) is 31.3 Å². The number of thiazole rings is 1. The van der Waals surface area contributed by atoms with Gasteiger partial charge in [-0.3, -0.25) is 10.1 Å². The van der Waals surface area contributed by atoms with Gasteiger partial charge in [-0.15, -0.1) is 0 Å². The fourth-order valence-corrected chi connectivity index (χ4v) is 3.96. The minimum atomic E-state index is -0.627. The largest absolute Gasteiger partial charge is 0.423 e. The van der Waals surface area contributed by atoms with Crippen LogP contribution in [0.1, 0.15) is 23.2 Å². The van der Waals surface area contributed by atoms with E-state index in [1.54, 1.807) is 23.5 Å². The predicted octanol–water partition coefficient (Wildman–Crippen LogP) is 4.02. The number of carbonyl (C=O) groups is 1. The Balaban J connectivity index is 1.55. The van der Waals surface area contributed by atoms with Crippen molar-refractivity contribution >= 4 is 38.3 Å². The molecule has 132 valence electrons. The van der Waals surface area contributed by atoms with E-state index >= 15 is 0 Å². The van der Waals surface area contributed by atoms with Gasteiger partial charge in [-0.05, 0) is 31.0 Å². The third-order valence-corrected chi connectivity index (χ3v) is 5.31. The summed E-state index contributed by atoms with van der Waals surface area (Å²) in [6.45, 7) is 2.04. The van der Waals surface area contributed by atoms with E-state index in [1.807, 2.05) is 6.07 Å². The van der Waals surface area contributed by atoms with E-state index in [0.717, 1.165) is 28.4 Å². The van der Waals surface area contributed by atoms with E-state index in [-0.39, 0.29) is 11.3 Å². The summed E-state index contributed by atoms with van der Waals surface area (Å²) in [6, 6.07) is 10.8. The van der Waals surface area contributed by atoms with E-state index in [0.29, 0.717) is 5.75 Å². The Morgan fingerprint density at radius 3 is 2.77 bits per heavy atom. The lowest BCUT2D eigenvalue weighted by molar-refractivity contribution is -0.384. The number of nitro benzene ring substituents is 1.